The van der Waals surface area contributed by atoms with Crippen LogP contribution in [0.2, 0.25) is 0 Å². The maximum Gasteiger partial charge on any atom is 0.307 e. The van der Waals surface area contributed by atoms with Crippen LogP contribution in [0.25, 0.3) is 0 Å². The van der Waals surface area contributed by atoms with Crippen LogP contribution in [0.5, 0.6) is 0 Å². The minimum Gasteiger partial charge on any atom is -0.466 e. The third kappa shape index (κ3) is 5.28. The van der Waals surface area contributed by atoms with E-state index in [0.29, 0.717) is 5.56 Å². The second-order valence-corrected chi connectivity index (χ2v) is 4.90. The van der Waals surface area contributed by atoms with Crippen molar-refractivity contribution in [2.24, 2.45) is 0 Å². The Morgan fingerprint density at radius 1 is 1.29 bits per heavy atom. The van der Waals surface area contributed by atoms with Gasteiger partial charge in [0.05, 0.1) is 25.7 Å². The van der Waals surface area contributed by atoms with Crippen molar-refractivity contribution >= 4 is 11.8 Å². The lowest BCUT2D eigenvalue weighted by atomic mass is 9.98. The van der Waals surface area contributed by atoms with Crippen LogP contribution < -0.4 is 5.32 Å². The second kappa shape index (κ2) is 8.54. The molecule has 0 radical (unpaired) electrons. The molecule has 1 aromatic carbocycles. The Labute approximate surface area is 125 Å². The monoisotopic (exact) mass is 293 g/mol. The van der Waals surface area contributed by atoms with Crippen molar-refractivity contribution in [2.75, 3.05) is 19.8 Å². The van der Waals surface area contributed by atoms with Gasteiger partial charge in [0.2, 0.25) is 0 Å². The average molecular weight is 293 g/mol. The normalized spacial score (nSPS) is 12.0. The number of carbonyl (C=O) groups excluding carboxylic acids is 2. The van der Waals surface area contributed by atoms with Gasteiger partial charge < -0.3 is 15.2 Å². The number of hydrogen-bond acceptors (Lipinski definition) is 5. The molecule has 5 heteroatoms. The van der Waals surface area contributed by atoms with E-state index in [1.165, 1.54) is 0 Å². The van der Waals surface area contributed by atoms with E-state index in [2.05, 4.69) is 5.32 Å². The SMILES string of the molecule is CCOC(=O)CC(NCCO)C(=O)c1ccc(C)c(C)c1. The number of aliphatic hydroxyl groups is 1. The summed E-state index contributed by atoms with van der Waals surface area (Å²) in [4.78, 5) is 24.1. The number of benzene rings is 1. The van der Waals surface area contributed by atoms with Crippen molar-refractivity contribution in [3.05, 3.63) is 34.9 Å². The van der Waals surface area contributed by atoms with E-state index < -0.39 is 12.0 Å². The zero-order valence-electron chi connectivity index (χ0n) is 12.8. The summed E-state index contributed by atoms with van der Waals surface area (Å²) < 4.78 is 4.89. The van der Waals surface area contributed by atoms with Crippen LogP contribution in [0.1, 0.15) is 34.8 Å². The smallest absolute Gasteiger partial charge is 0.307 e. The molecular formula is C16H23NO4. The lowest BCUT2D eigenvalue weighted by Crippen LogP contribution is -2.40. The number of nitrogens with one attached hydrogen (secondary N) is 1. The van der Waals surface area contributed by atoms with Crippen molar-refractivity contribution in [3.8, 4) is 0 Å². The molecule has 0 saturated heterocycles. The first-order chi connectivity index (χ1) is 9.99. The van der Waals surface area contributed by atoms with Crippen molar-refractivity contribution < 1.29 is 19.4 Å². The molecule has 2 N–H and O–H groups in total. The van der Waals surface area contributed by atoms with Crippen LogP contribution in [0, 0.1) is 13.8 Å². The Hall–Kier alpha value is -1.72. The minimum atomic E-state index is -0.682. The molecule has 0 aliphatic heterocycles. The topological polar surface area (TPSA) is 75.6 Å². The minimum absolute atomic E-state index is 0.0421. The van der Waals surface area contributed by atoms with Gasteiger partial charge in [-0.1, -0.05) is 12.1 Å². The van der Waals surface area contributed by atoms with Crippen LogP contribution in [0.3, 0.4) is 0 Å². The van der Waals surface area contributed by atoms with E-state index in [1.807, 2.05) is 26.0 Å². The molecule has 1 atom stereocenters. The summed E-state index contributed by atoms with van der Waals surface area (Å²) in [7, 11) is 0. The van der Waals surface area contributed by atoms with E-state index in [0.717, 1.165) is 11.1 Å². The maximum atomic E-state index is 12.5. The van der Waals surface area contributed by atoms with Crippen molar-refractivity contribution in [1.29, 1.82) is 0 Å². The number of Topliss-reactive ketones (excluding diaryl/α,β-unsaturated/α-hetero) is 1. The molecule has 0 saturated carbocycles. The highest BCUT2D eigenvalue weighted by Crippen LogP contribution is 2.13. The third-order valence-corrected chi connectivity index (χ3v) is 3.29. The fourth-order valence-corrected chi connectivity index (χ4v) is 1.98. The number of aryl methyl sites for hydroxylation is 2. The van der Waals surface area contributed by atoms with Crippen molar-refractivity contribution in [1.82, 2.24) is 5.32 Å². The standard InChI is InChI=1S/C16H23NO4/c1-4-21-15(19)10-14(17-7-8-18)16(20)13-6-5-11(2)12(3)9-13/h5-6,9,14,17-18H,4,7-8,10H2,1-3H3. The highest BCUT2D eigenvalue weighted by molar-refractivity contribution is 6.02. The van der Waals surface area contributed by atoms with Crippen LogP contribution >= 0.6 is 0 Å². The summed E-state index contributed by atoms with van der Waals surface area (Å²) >= 11 is 0. The van der Waals surface area contributed by atoms with Crippen molar-refractivity contribution in [2.45, 2.75) is 33.2 Å². The summed E-state index contributed by atoms with van der Waals surface area (Å²) in [5.41, 5.74) is 2.69. The number of carbonyl (C=O) groups is 2. The van der Waals surface area contributed by atoms with Gasteiger partial charge in [0, 0.05) is 12.1 Å². The number of esters is 1. The molecule has 0 spiro atoms. The first-order valence-electron chi connectivity index (χ1n) is 7.11. The lowest BCUT2D eigenvalue weighted by molar-refractivity contribution is -0.143. The van der Waals surface area contributed by atoms with Gasteiger partial charge in [-0.3, -0.25) is 9.59 Å². The highest BCUT2D eigenvalue weighted by Gasteiger charge is 2.23. The fourth-order valence-electron chi connectivity index (χ4n) is 1.98. The maximum absolute atomic E-state index is 12.5. The first-order valence-corrected chi connectivity index (χ1v) is 7.11. The molecule has 0 aromatic heterocycles. The number of aliphatic hydroxyl groups excluding tert-OH is 1. The van der Waals surface area contributed by atoms with E-state index in [4.69, 9.17) is 9.84 Å². The molecule has 21 heavy (non-hydrogen) atoms. The quantitative estimate of drug-likeness (QED) is 0.559. The second-order valence-electron chi connectivity index (χ2n) is 4.90. The first kappa shape index (κ1) is 17.3. The summed E-state index contributed by atoms with van der Waals surface area (Å²) in [6.45, 7) is 6.07. The van der Waals surface area contributed by atoms with Gasteiger partial charge in [0.25, 0.3) is 0 Å². The summed E-state index contributed by atoms with van der Waals surface area (Å²) in [6, 6.07) is 4.77. The average Bonchev–Trinajstić information content (AvgIpc) is 2.46. The van der Waals surface area contributed by atoms with Crippen LogP contribution in [-0.4, -0.2) is 42.7 Å². The molecule has 0 heterocycles. The van der Waals surface area contributed by atoms with Gasteiger partial charge in [-0.05, 0) is 38.0 Å². The van der Waals surface area contributed by atoms with Crippen LogP contribution in [-0.2, 0) is 9.53 Å². The predicted molar refractivity (Wildman–Crippen MR) is 80.4 cm³/mol. The van der Waals surface area contributed by atoms with Gasteiger partial charge in [-0.15, -0.1) is 0 Å². The lowest BCUT2D eigenvalue weighted by Gasteiger charge is -2.17. The molecule has 5 nitrogen and oxygen atoms in total. The Morgan fingerprint density at radius 3 is 2.57 bits per heavy atom. The van der Waals surface area contributed by atoms with E-state index in [-0.39, 0.29) is 32.0 Å². The fraction of sp³-hybridized carbons (Fsp3) is 0.500. The van der Waals surface area contributed by atoms with Gasteiger partial charge in [-0.2, -0.15) is 0 Å². The Kier molecular flexibility index (Phi) is 7.05. The Bertz CT molecular complexity index is 499. The number of ether oxygens (including phenoxy) is 1. The van der Waals surface area contributed by atoms with Gasteiger partial charge in [-0.25, -0.2) is 0 Å². The van der Waals surface area contributed by atoms with Crippen molar-refractivity contribution in [3.63, 3.8) is 0 Å². The summed E-state index contributed by atoms with van der Waals surface area (Å²) in [5, 5.41) is 11.8. The van der Waals surface area contributed by atoms with Gasteiger partial charge >= 0.3 is 5.97 Å². The van der Waals surface area contributed by atoms with Crippen LogP contribution in [0.15, 0.2) is 18.2 Å². The zero-order valence-corrected chi connectivity index (χ0v) is 12.8. The molecule has 0 bridgehead atoms. The number of rotatable bonds is 8. The highest BCUT2D eigenvalue weighted by atomic mass is 16.5. The Morgan fingerprint density at radius 2 is 2.00 bits per heavy atom. The van der Waals surface area contributed by atoms with E-state index >= 15 is 0 Å². The molecule has 1 unspecified atom stereocenters. The molecule has 0 aliphatic rings. The predicted octanol–water partition coefficient (Wildman–Crippen LogP) is 1.39. The largest absolute Gasteiger partial charge is 0.466 e. The molecule has 0 amide bonds. The zero-order chi connectivity index (χ0) is 15.8. The molecule has 0 aliphatic carbocycles. The molecule has 116 valence electrons. The van der Waals surface area contributed by atoms with Gasteiger partial charge in [0.15, 0.2) is 5.78 Å². The third-order valence-electron chi connectivity index (χ3n) is 3.29. The molecule has 1 rings (SSSR count). The number of ketones is 1. The molecule has 1 aromatic rings. The molecular weight excluding hydrogens is 270 g/mol. The molecule has 0 fully saturated rings. The number of hydrogen-bond donors (Lipinski definition) is 2. The van der Waals surface area contributed by atoms with E-state index in [9.17, 15) is 9.59 Å². The van der Waals surface area contributed by atoms with E-state index in [1.54, 1.807) is 13.0 Å². The Balaban J connectivity index is 2.87. The summed E-state index contributed by atoms with van der Waals surface area (Å²) in [5.74, 6) is -0.593. The summed E-state index contributed by atoms with van der Waals surface area (Å²) in [6.07, 6.45) is -0.0421. The van der Waals surface area contributed by atoms with Crippen LogP contribution in [0.4, 0.5) is 0 Å². The van der Waals surface area contributed by atoms with Gasteiger partial charge in [0.1, 0.15) is 0 Å².